The van der Waals surface area contributed by atoms with Crippen molar-refractivity contribution in [1.29, 1.82) is 0 Å². The van der Waals surface area contributed by atoms with Crippen molar-refractivity contribution in [2.75, 3.05) is 7.11 Å². The van der Waals surface area contributed by atoms with Crippen molar-refractivity contribution in [3.8, 4) is 0 Å². The number of rotatable bonds is 6. The third-order valence-electron chi connectivity index (χ3n) is 2.82. The largest absolute Gasteiger partial charge is 0.468 e. The summed E-state index contributed by atoms with van der Waals surface area (Å²) in [4.78, 5) is 11.3. The molecule has 5 nitrogen and oxygen atoms in total. The van der Waals surface area contributed by atoms with Gasteiger partial charge in [-0.25, -0.2) is 0 Å². The van der Waals surface area contributed by atoms with Gasteiger partial charge in [0.15, 0.2) is 0 Å². The molecule has 1 atom stereocenters. The molecule has 1 heterocycles. The Morgan fingerprint density at radius 1 is 1.56 bits per heavy atom. The molecule has 0 spiro atoms. The molecule has 0 saturated carbocycles. The van der Waals surface area contributed by atoms with E-state index in [1.165, 1.54) is 7.11 Å². The first-order chi connectivity index (χ1) is 8.54. The third-order valence-corrected chi connectivity index (χ3v) is 3.74. The highest BCUT2D eigenvalue weighted by Gasteiger charge is 2.17. The lowest BCUT2D eigenvalue weighted by Crippen LogP contribution is -2.35. The maximum absolute atomic E-state index is 11.3. The van der Waals surface area contributed by atoms with E-state index >= 15 is 0 Å². The van der Waals surface area contributed by atoms with Gasteiger partial charge in [0.2, 0.25) is 0 Å². The number of carbonyl (C=O) groups is 1. The van der Waals surface area contributed by atoms with Crippen LogP contribution >= 0.6 is 15.9 Å². The van der Waals surface area contributed by atoms with Crippen LogP contribution in [0.15, 0.2) is 4.47 Å². The average Bonchev–Trinajstić information content (AvgIpc) is 2.70. The molecule has 0 aliphatic rings. The van der Waals surface area contributed by atoms with Crippen molar-refractivity contribution >= 4 is 21.9 Å². The van der Waals surface area contributed by atoms with Gasteiger partial charge in [0.1, 0.15) is 6.04 Å². The Hall–Kier alpha value is -0.880. The van der Waals surface area contributed by atoms with E-state index in [9.17, 15) is 4.79 Å². The molecule has 0 saturated heterocycles. The molecule has 0 aliphatic carbocycles. The van der Waals surface area contributed by atoms with E-state index in [4.69, 9.17) is 0 Å². The Balaban J connectivity index is 2.78. The van der Waals surface area contributed by atoms with Crippen molar-refractivity contribution in [2.45, 2.75) is 46.3 Å². The van der Waals surface area contributed by atoms with Crippen LogP contribution in [-0.4, -0.2) is 28.9 Å². The third kappa shape index (κ3) is 3.32. The smallest absolute Gasteiger partial charge is 0.322 e. The number of hydrogen-bond acceptors (Lipinski definition) is 4. The van der Waals surface area contributed by atoms with Gasteiger partial charge in [-0.1, -0.05) is 6.92 Å². The van der Waals surface area contributed by atoms with Crippen LogP contribution in [0, 0.1) is 0 Å². The van der Waals surface area contributed by atoms with Crippen LogP contribution in [0.25, 0.3) is 0 Å². The normalized spacial score (nSPS) is 12.5. The molecular formula is C12H20BrN3O2. The summed E-state index contributed by atoms with van der Waals surface area (Å²) in [6, 6.07) is -0.327. The molecular weight excluding hydrogens is 298 g/mol. The minimum Gasteiger partial charge on any atom is -0.468 e. The fourth-order valence-corrected chi connectivity index (χ4v) is 2.40. The van der Waals surface area contributed by atoms with Crippen LogP contribution in [-0.2, 0) is 29.0 Å². The van der Waals surface area contributed by atoms with Crippen LogP contribution in [0.1, 0.15) is 32.2 Å². The standard InChI is InChI=1S/C12H20BrN3O2/c1-5-9-11(13)10(16(6-2)15-9)7-14-8(3)12(17)18-4/h8,14H,5-7H2,1-4H3. The van der Waals surface area contributed by atoms with Crippen molar-refractivity contribution in [1.82, 2.24) is 15.1 Å². The topological polar surface area (TPSA) is 56.2 Å². The minimum absolute atomic E-state index is 0.260. The SMILES string of the molecule is CCc1nn(CC)c(CNC(C)C(=O)OC)c1Br. The summed E-state index contributed by atoms with van der Waals surface area (Å²) >= 11 is 3.57. The van der Waals surface area contributed by atoms with Crippen LogP contribution in [0.3, 0.4) is 0 Å². The average molecular weight is 318 g/mol. The summed E-state index contributed by atoms with van der Waals surface area (Å²) in [6.07, 6.45) is 0.882. The van der Waals surface area contributed by atoms with Gasteiger partial charge in [0.25, 0.3) is 0 Å². The van der Waals surface area contributed by atoms with E-state index in [0.717, 1.165) is 28.8 Å². The predicted octanol–water partition coefficient (Wildman–Crippen LogP) is 1.88. The Labute approximate surface area is 116 Å². The summed E-state index contributed by atoms with van der Waals surface area (Å²) in [6.45, 7) is 7.29. The maximum atomic E-state index is 11.3. The Morgan fingerprint density at radius 2 is 2.22 bits per heavy atom. The molecule has 0 radical (unpaired) electrons. The molecule has 102 valence electrons. The predicted molar refractivity (Wildman–Crippen MR) is 73.3 cm³/mol. The number of aromatic nitrogens is 2. The molecule has 0 amide bonds. The molecule has 0 fully saturated rings. The van der Waals surface area contributed by atoms with Crippen LogP contribution in [0.4, 0.5) is 0 Å². The van der Waals surface area contributed by atoms with E-state index in [2.05, 4.69) is 38.0 Å². The number of nitrogens with one attached hydrogen (secondary N) is 1. The Kier molecular flexibility index (Phi) is 5.81. The summed E-state index contributed by atoms with van der Waals surface area (Å²) < 4.78 is 7.65. The monoisotopic (exact) mass is 317 g/mol. The number of hydrogen-bond donors (Lipinski definition) is 1. The first kappa shape index (κ1) is 15.2. The number of carbonyl (C=O) groups excluding carboxylic acids is 1. The van der Waals surface area contributed by atoms with Crippen molar-refractivity contribution in [3.05, 3.63) is 15.9 Å². The van der Waals surface area contributed by atoms with Gasteiger partial charge in [0, 0.05) is 13.1 Å². The highest BCUT2D eigenvalue weighted by Crippen LogP contribution is 2.22. The van der Waals surface area contributed by atoms with E-state index in [0.29, 0.717) is 6.54 Å². The maximum Gasteiger partial charge on any atom is 0.322 e. The highest BCUT2D eigenvalue weighted by molar-refractivity contribution is 9.10. The van der Waals surface area contributed by atoms with Crippen LogP contribution in [0.2, 0.25) is 0 Å². The zero-order valence-corrected chi connectivity index (χ0v) is 12.9. The molecule has 0 bridgehead atoms. The molecule has 1 aromatic heterocycles. The molecule has 1 rings (SSSR count). The Morgan fingerprint density at radius 3 is 2.72 bits per heavy atom. The molecule has 6 heteroatoms. The van der Waals surface area contributed by atoms with E-state index < -0.39 is 0 Å². The second-order valence-corrected chi connectivity index (χ2v) is 4.80. The lowest BCUT2D eigenvalue weighted by molar-refractivity contribution is -0.142. The number of aryl methyl sites for hydroxylation is 2. The lowest BCUT2D eigenvalue weighted by atomic mass is 10.3. The van der Waals surface area contributed by atoms with Crippen LogP contribution in [0.5, 0.6) is 0 Å². The van der Waals surface area contributed by atoms with Gasteiger partial charge in [-0.3, -0.25) is 14.8 Å². The van der Waals surface area contributed by atoms with Gasteiger partial charge in [-0.2, -0.15) is 5.10 Å². The van der Waals surface area contributed by atoms with Crippen molar-refractivity contribution < 1.29 is 9.53 Å². The van der Waals surface area contributed by atoms with Crippen molar-refractivity contribution in [2.24, 2.45) is 0 Å². The molecule has 0 aliphatic heterocycles. The number of ether oxygens (including phenoxy) is 1. The Bertz CT molecular complexity index is 418. The van der Waals surface area contributed by atoms with Gasteiger partial charge >= 0.3 is 5.97 Å². The summed E-state index contributed by atoms with van der Waals surface area (Å²) in [5.41, 5.74) is 2.10. The van der Waals surface area contributed by atoms with Crippen molar-refractivity contribution in [3.63, 3.8) is 0 Å². The zero-order chi connectivity index (χ0) is 13.7. The first-order valence-corrected chi connectivity index (χ1v) is 6.89. The second-order valence-electron chi connectivity index (χ2n) is 4.00. The molecule has 18 heavy (non-hydrogen) atoms. The number of esters is 1. The highest BCUT2D eigenvalue weighted by atomic mass is 79.9. The minimum atomic E-state index is -0.327. The van der Waals surface area contributed by atoms with E-state index in [1.54, 1.807) is 6.92 Å². The van der Waals surface area contributed by atoms with Gasteiger partial charge < -0.3 is 4.74 Å². The summed E-state index contributed by atoms with van der Waals surface area (Å²) in [5, 5.41) is 7.64. The van der Waals surface area contributed by atoms with E-state index in [-0.39, 0.29) is 12.0 Å². The van der Waals surface area contributed by atoms with Gasteiger partial charge in [-0.05, 0) is 36.2 Å². The molecule has 0 aromatic carbocycles. The molecule has 1 unspecified atom stereocenters. The van der Waals surface area contributed by atoms with E-state index in [1.807, 2.05) is 11.6 Å². The quantitative estimate of drug-likeness (QED) is 0.814. The lowest BCUT2D eigenvalue weighted by Gasteiger charge is -2.12. The van der Waals surface area contributed by atoms with Gasteiger partial charge in [-0.15, -0.1) is 0 Å². The first-order valence-electron chi connectivity index (χ1n) is 6.10. The fraction of sp³-hybridized carbons (Fsp3) is 0.667. The summed E-state index contributed by atoms with van der Waals surface area (Å²) in [7, 11) is 1.39. The second kappa shape index (κ2) is 6.89. The number of methoxy groups -OCH3 is 1. The molecule has 1 N–H and O–H groups in total. The molecule has 1 aromatic rings. The fourth-order valence-electron chi connectivity index (χ4n) is 1.70. The number of halogens is 1. The van der Waals surface area contributed by atoms with Crippen LogP contribution < -0.4 is 5.32 Å². The summed E-state index contributed by atoms with van der Waals surface area (Å²) in [5.74, 6) is -0.260. The number of nitrogens with zero attached hydrogens (tertiary/aromatic N) is 2. The zero-order valence-electron chi connectivity index (χ0n) is 11.3. The van der Waals surface area contributed by atoms with Gasteiger partial charge in [0.05, 0.1) is 23.0 Å².